The van der Waals surface area contributed by atoms with Gasteiger partial charge >= 0.3 is 5.97 Å². The summed E-state index contributed by atoms with van der Waals surface area (Å²) in [5, 5.41) is 9.87. The summed E-state index contributed by atoms with van der Waals surface area (Å²) in [6.07, 6.45) is 3.03. The Hall–Kier alpha value is 0.170. The molecule has 16 heavy (non-hydrogen) atoms. The van der Waals surface area contributed by atoms with Gasteiger partial charge in [0.25, 0.3) is 0 Å². The van der Waals surface area contributed by atoms with Gasteiger partial charge in [0.2, 0.25) is 0 Å². The van der Waals surface area contributed by atoms with Crippen molar-refractivity contribution in [3.63, 3.8) is 0 Å². The van der Waals surface area contributed by atoms with Crippen LogP contribution in [0.1, 0.15) is 33.1 Å². The van der Waals surface area contributed by atoms with Crippen molar-refractivity contribution in [2.45, 2.75) is 43.6 Å². The number of fused-ring (bicyclic) bond motifs is 1. The number of carboxylic acids is 1. The van der Waals surface area contributed by atoms with Crippen molar-refractivity contribution in [2.24, 2.45) is 17.3 Å². The van der Waals surface area contributed by atoms with E-state index in [4.69, 9.17) is 0 Å². The van der Waals surface area contributed by atoms with Crippen molar-refractivity contribution < 1.29 is 9.90 Å². The first kappa shape index (κ1) is 12.6. The molecule has 0 spiro atoms. The Labute approximate surface area is 107 Å². The Balaban J connectivity index is 2.22. The standard InChI is InChI=1S/C12H20O2S2/c1-12(2)5-6-16-8-4-3-7(11(13)14)10(15)9(8)12/h7-10,15H,3-6H2,1-2H3,(H,13,14). The maximum absolute atomic E-state index is 11.2. The third kappa shape index (κ3) is 2.10. The summed E-state index contributed by atoms with van der Waals surface area (Å²) >= 11 is 6.66. The lowest BCUT2D eigenvalue weighted by Crippen LogP contribution is -2.50. The Bertz CT molecular complexity index is 291. The van der Waals surface area contributed by atoms with E-state index in [-0.39, 0.29) is 16.6 Å². The van der Waals surface area contributed by atoms with E-state index in [1.807, 2.05) is 11.8 Å². The van der Waals surface area contributed by atoms with E-state index in [0.29, 0.717) is 11.2 Å². The van der Waals surface area contributed by atoms with Crippen LogP contribution < -0.4 is 0 Å². The van der Waals surface area contributed by atoms with Crippen LogP contribution in [0.5, 0.6) is 0 Å². The minimum absolute atomic E-state index is 0.0269. The highest BCUT2D eigenvalue weighted by Gasteiger charge is 2.49. The molecule has 4 atom stereocenters. The molecule has 1 N–H and O–H groups in total. The van der Waals surface area contributed by atoms with Crippen molar-refractivity contribution >= 4 is 30.4 Å². The molecule has 0 aromatic heterocycles. The van der Waals surface area contributed by atoms with Crippen LogP contribution in [0.3, 0.4) is 0 Å². The van der Waals surface area contributed by atoms with Crippen LogP contribution >= 0.6 is 24.4 Å². The Morgan fingerprint density at radius 1 is 1.44 bits per heavy atom. The third-order valence-electron chi connectivity index (χ3n) is 4.24. The molecule has 92 valence electrons. The second-order valence-corrected chi connectivity index (χ2v) is 7.63. The van der Waals surface area contributed by atoms with Crippen LogP contribution in [-0.2, 0) is 4.79 Å². The van der Waals surface area contributed by atoms with Gasteiger partial charge < -0.3 is 5.11 Å². The Morgan fingerprint density at radius 3 is 2.75 bits per heavy atom. The van der Waals surface area contributed by atoms with Gasteiger partial charge in [-0.3, -0.25) is 4.79 Å². The predicted molar refractivity (Wildman–Crippen MR) is 71.3 cm³/mol. The molecule has 1 saturated heterocycles. The Kier molecular flexibility index (Phi) is 3.51. The molecule has 2 fully saturated rings. The summed E-state index contributed by atoms with van der Waals surface area (Å²) in [7, 11) is 0. The van der Waals surface area contributed by atoms with Crippen molar-refractivity contribution in [3.8, 4) is 0 Å². The SMILES string of the molecule is CC1(C)CCSC2CCC(C(=O)O)C(S)C21. The molecule has 2 rings (SSSR count). The number of thioether (sulfide) groups is 1. The summed E-state index contributed by atoms with van der Waals surface area (Å²) in [5.41, 5.74) is 0.246. The first-order valence-electron chi connectivity index (χ1n) is 5.96. The van der Waals surface area contributed by atoms with Crippen LogP contribution in [0.4, 0.5) is 0 Å². The maximum Gasteiger partial charge on any atom is 0.307 e. The molecular weight excluding hydrogens is 240 g/mol. The molecule has 0 amide bonds. The summed E-state index contributed by atoms with van der Waals surface area (Å²) in [6, 6.07) is 0. The van der Waals surface area contributed by atoms with E-state index in [1.165, 1.54) is 12.2 Å². The lowest BCUT2D eigenvalue weighted by Gasteiger charge is -2.50. The molecule has 2 aliphatic rings. The lowest BCUT2D eigenvalue weighted by atomic mass is 9.66. The van der Waals surface area contributed by atoms with Gasteiger partial charge in [-0.2, -0.15) is 24.4 Å². The number of carboxylic acid groups (broad SMARTS) is 1. The van der Waals surface area contributed by atoms with E-state index < -0.39 is 5.97 Å². The fourth-order valence-electron chi connectivity index (χ4n) is 3.23. The molecule has 0 aromatic carbocycles. The number of aliphatic carboxylic acids is 1. The fraction of sp³-hybridized carbons (Fsp3) is 0.917. The number of thiol groups is 1. The van der Waals surface area contributed by atoms with E-state index in [2.05, 4.69) is 26.5 Å². The van der Waals surface area contributed by atoms with Crippen molar-refractivity contribution in [1.82, 2.24) is 0 Å². The van der Waals surface area contributed by atoms with Gasteiger partial charge in [-0.15, -0.1) is 0 Å². The molecule has 0 radical (unpaired) electrons. The third-order valence-corrected chi connectivity index (χ3v) is 6.32. The molecule has 1 heterocycles. The van der Waals surface area contributed by atoms with Crippen LogP contribution in [0, 0.1) is 17.3 Å². The summed E-state index contributed by atoms with van der Waals surface area (Å²) in [4.78, 5) is 11.2. The monoisotopic (exact) mass is 260 g/mol. The smallest absolute Gasteiger partial charge is 0.307 e. The number of hydrogen-bond donors (Lipinski definition) is 2. The van der Waals surface area contributed by atoms with Gasteiger partial charge in [-0.05, 0) is 36.3 Å². The molecule has 1 aliphatic carbocycles. The van der Waals surface area contributed by atoms with E-state index in [1.54, 1.807) is 0 Å². The van der Waals surface area contributed by atoms with Gasteiger partial charge in [-0.1, -0.05) is 13.8 Å². The molecule has 1 aliphatic heterocycles. The van der Waals surface area contributed by atoms with Crippen molar-refractivity contribution in [3.05, 3.63) is 0 Å². The zero-order valence-corrected chi connectivity index (χ0v) is 11.6. The maximum atomic E-state index is 11.2. The summed E-state index contributed by atoms with van der Waals surface area (Å²) in [5.74, 6) is 0.753. The van der Waals surface area contributed by atoms with Crippen molar-refractivity contribution in [2.75, 3.05) is 5.75 Å². The second kappa shape index (κ2) is 4.45. The fourth-order valence-corrected chi connectivity index (χ4v) is 6.23. The van der Waals surface area contributed by atoms with Crippen LogP contribution in [-0.4, -0.2) is 27.3 Å². The average molecular weight is 260 g/mol. The number of hydrogen-bond acceptors (Lipinski definition) is 3. The lowest BCUT2D eigenvalue weighted by molar-refractivity contribution is -0.143. The minimum Gasteiger partial charge on any atom is -0.481 e. The summed E-state index contributed by atoms with van der Waals surface area (Å²) < 4.78 is 0. The van der Waals surface area contributed by atoms with Gasteiger partial charge in [0, 0.05) is 10.5 Å². The zero-order chi connectivity index (χ0) is 11.9. The quantitative estimate of drug-likeness (QED) is 0.712. The predicted octanol–water partition coefficient (Wildman–Crippen LogP) is 2.93. The minimum atomic E-state index is -0.662. The van der Waals surface area contributed by atoms with Crippen LogP contribution in [0.2, 0.25) is 0 Å². The molecular formula is C12H20O2S2. The highest BCUT2D eigenvalue weighted by molar-refractivity contribution is 8.00. The molecule has 4 unspecified atom stereocenters. The van der Waals surface area contributed by atoms with Gasteiger partial charge in [0.05, 0.1) is 5.92 Å². The van der Waals surface area contributed by atoms with Gasteiger partial charge in [0.1, 0.15) is 0 Å². The normalized spacial score (nSPS) is 42.4. The second-order valence-electron chi connectivity index (χ2n) is 5.69. The molecule has 4 heteroatoms. The van der Waals surface area contributed by atoms with E-state index >= 15 is 0 Å². The van der Waals surface area contributed by atoms with Crippen LogP contribution in [0.25, 0.3) is 0 Å². The highest BCUT2D eigenvalue weighted by Crippen LogP contribution is 2.52. The van der Waals surface area contributed by atoms with Gasteiger partial charge in [-0.25, -0.2) is 0 Å². The van der Waals surface area contributed by atoms with E-state index in [0.717, 1.165) is 12.8 Å². The molecule has 0 aromatic rings. The molecule has 0 bridgehead atoms. The average Bonchev–Trinajstić information content (AvgIpc) is 2.15. The molecule has 2 nitrogen and oxygen atoms in total. The van der Waals surface area contributed by atoms with Crippen LogP contribution in [0.15, 0.2) is 0 Å². The first-order chi connectivity index (χ1) is 7.43. The number of rotatable bonds is 1. The molecule has 1 saturated carbocycles. The van der Waals surface area contributed by atoms with Gasteiger partial charge in [0.15, 0.2) is 0 Å². The van der Waals surface area contributed by atoms with Crippen molar-refractivity contribution in [1.29, 1.82) is 0 Å². The summed E-state index contributed by atoms with van der Waals surface area (Å²) in [6.45, 7) is 4.55. The highest BCUT2D eigenvalue weighted by atomic mass is 32.2. The van der Waals surface area contributed by atoms with E-state index in [9.17, 15) is 9.90 Å². The zero-order valence-electron chi connectivity index (χ0n) is 9.85. The number of carbonyl (C=O) groups is 1. The topological polar surface area (TPSA) is 37.3 Å². The first-order valence-corrected chi connectivity index (χ1v) is 7.52. The Morgan fingerprint density at radius 2 is 2.12 bits per heavy atom. The largest absolute Gasteiger partial charge is 0.481 e.